The zero-order valence-corrected chi connectivity index (χ0v) is 8.17. The zero-order valence-electron chi connectivity index (χ0n) is 8.17. The highest BCUT2D eigenvalue weighted by Gasteiger charge is 2.19. The maximum absolute atomic E-state index is 10.7. The van der Waals surface area contributed by atoms with Crippen molar-refractivity contribution < 1.29 is 9.55 Å². The zero-order chi connectivity index (χ0) is 11.0. The Kier molecular flexibility index (Phi) is 2.00. The second-order valence-corrected chi connectivity index (χ2v) is 3.22. The summed E-state index contributed by atoms with van der Waals surface area (Å²) < 4.78 is 4.52. The van der Waals surface area contributed by atoms with Crippen LogP contribution in [0.3, 0.4) is 0 Å². The SMILES string of the molecule is CN(C)c1ccc([N+](=O)[O-])c2nonc12. The van der Waals surface area contributed by atoms with Crippen LogP contribution in [0.25, 0.3) is 11.0 Å². The van der Waals surface area contributed by atoms with Crippen molar-refractivity contribution in [3.63, 3.8) is 0 Å². The molecule has 0 aliphatic rings. The minimum Gasteiger partial charge on any atom is -0.376 e. The van der Waals surface area contributed by atoms with Gasteiger partial charge >= 0.3 is 5.69 Å². The van der Waals surface area contributed by atoms with E-state index in [2.05, 4.69) is 14.9 Å². The lowest BCUT2D eigenvalue weighted by molar-refractivity contribution is -0.383. The van der Waals surface area contributed by atoms with E-state index in [1.165, 1.54) is 6.07 Å². The summed E-state index contributed by atoms with van der Waals surface area (Å²) in [6.07, 6.45) is 0. The maximum atomic E-state index is 10.7. The third-order valence-electron chi connectivity index (χ3n) is 2.05. The van der Waals surface area contributed by atoms with Crippen molar-refractivity contribution in [2.45, 2.75) is 0 Å². The summed E-state index contributed by atoms with van der Waals surface area (Å²) in [5, 5.41) is 17.9. The number of nitro groups is 1. The van der Waals surface area contributed by atoms with Gasteiger partial charge in [-0.2, -0.15) is 0 Å². The molecule has 7 nitrogen and oxygen atoms in total. The first kappa shape index (κ1) is 9.38. The average molecular weight is 208 g/mol. The first-order valence-corrected chi connectivity index (χ1v) is 4.18. The Balaban J connectivity index is 2.76. The number of aromatic nitrogens is 2. The number of non-ortho nitro benzene ring substituents is 1. The maximum Gasteiger partial charge on any atom is 0.300 e. The van der Waals surface area contributed by atoms with Gasteiger partial charge in [0.1, 0.15) is 0 Å². The van der Waals surface area contributed by atoms with E-state index < -0.39 is 4.92 Å². The summed E-state index contributed by atoms with van der Waals surface area (Å²) in [6.45, 7) is 0. The fourth-order valence-electron chi connectivity index (χ4n) is 1.35. The third-order valence-corrected chi connectivity index (χ3v) is 2.05. The third kappa shape index (κ3) is 1.37. The van der Waals surface area contributed by atoms with Crippen molar-refractivity contribution in [3.8, 4) is 0 Å². The first-order chi connectivity index (χ1) is 7.11. The van der Waals surface area contributed by atoms with Crippen LogP contribution in [-0.2, 0) is 0 Å². The molecular weight excluding hydrogens is 200 g/mol. The van der Waals surface area contributed by atoms with Gasteiger partial charge in [-0.15, -0.1) is 0 Å². The van der Waals surface area contributed by atoms with Crippen molar-refractivity contribution in [2.75, 3.05) is 19.0 Å². The molecule has 0 amide bonds. The van der Waals surface area contributed by atoms with Crippen LogP contribution in [0, 0.1) is 10.1 Å². The van der Waals surface area contributed by atoms with Crippen molar-refractivity contribution in [2.24, 2.45) is 0 Å². The Labute approximate surface area is 84.4 Å². The van der Waals surface area contributed by atoms with Crippen LogP contribution in [0.1, 0.15) is 0 Å². The van der Waals surface area contributed by atoms with E-state index in [9.17, 15) is 10.1 Å². The normalized spacial score (nSPS) is 10.5. The molecule has 0 saturated heterocycles. The quantitative estimate of drug-likeness (QED) is 0.544. The van der Waals surface area contributed by atoms with Crippen LogP contribution >= 0.6 is 0 Å². The van der Waals surface area contributed by atoms with E-state index in [1.54, 1.807) is 11.0 Å². The van der Waals surface area contributed by atoms with Gasteiger partial charge in [-0.05, 0) is 16.4 Å². The van der Waals surface area contributed by atoms with E-state index in [0.717, 1.165) is 5.69 Å². The van der Waals surface area contributed by atoms with E-state index in [-0.39, 0.29) is 11.2 Å². The van der Waals surface area contributed by atoms with E-state index in [0.29, 0.717) is 5.52 Å². The molecule has 0 fully saturated rings. The largest absolute Gasteiger partial charge is 0.376 e. The summed E-state index contributed by atoms with van der Waals surface area (Å²) in [4.78, 5) is 12.0. The number of rotatable bonds is 2. The molecule has 78 valence electrons. The Morgan fingerprint density at radius 3 is 2.60 bits per heavy atom. The molecule has 1 heterocycles. The summed E-state index contributed by atoms with van der Waals surface area (Å²) in [6, 6.07) is 3.01. The lowest BCUT2D eigenvalue weighted by Crippen LogP contribution is -2.09. The van der Waals surface area contributed by atoms with E-state index in [4.69, 9.17) is 0 Å². The van der Waals surface area contributed by atoms with Crippen molar-refractivity contribution in [1.82, 2.24) is 10.3 Å². The monoisotopic (exact) mass is 208 g/mol. The minimum absolute atomic E-state index is 0.100. The van der Waals surface area contributed by atoms with Gasteiger partial charge < -0.3 is 4.90 Å². The number of hydrogen-bond donors (Lipinski definition) is 0. The molecule has 0 N–H and O–H groups in total. The van der Waals surface area contributed by atoms with Crippen LogP contribution in [-0.4, -0.2) is 29.3 Å². The van der Waals surface area contributed by atoms with Crippen molar-refractivity contribution >= 4 is 22.4 Å². The minimum atomic E-state index is -0.508. The summed E-state index contributed by atoms with van der Waals surface area (Å²) in [7, 11) is 3.63. The smallest absolute Gasteiger partial charge is 0.300 e. The fourth-order valence-corrected chi connectivity index (χ4v) is 1.35. The van der Waals surface area contributed by atoms with Crippen molar-refractivity contribution in [3.05, 3.63) is 22.2 Å². The molecule has 0 aliphatic carbocycles. The van der Waals surface area contributed by atoms with Gasteiger partial charge in [0.2, 0.25) is 5.52 Å². The number of anilines is 1. The molecule has 1 aromatic carbocycles. The van der Waals surface area contributed by atoms with Crippen LogP contribution in [0.15, 0.2) is 16.8 Å². The molecule has 15 heavy (non-hydrogen) atoms. The Morgan fingerprint density at radius 1 is 1.33 bits per heavy atom. The Morgan fingerprint density at radius 2 is 2.00 bits per heavy atom. The summed E-state index contributed by atoms with van der Waals surface area (Å²) in [5.74, 6) is 0. The average Bonchev–Trinajstić information content (AvgIpc) is 2.63. The topological polar surface area (TPSA) is 85.3 Å². The van der Waals surface area contributed by atoms with Gasteiger partial charge in [0.25, 0.3) is 0 Å². The van der Waals surface area contributed by atoms with Gasteiger partial charge in [-0.25, -0.2) is 4.63 Å². The number of hydrogen-bond acceptors (Lipinski definition) is 6. The Hall–Kier alpha value is -2.18. The molecule has 7 heteroatoms. The van der Waals surface area contributed by atoms with Gasteiger partial charge in [0.05, 0.1) is 10.6 Å². The summed E-state index contributed by atoms with van der Waals surface area (Å²) >= 11 is 0. The van der Waals surface area contributed by atoms with Crippen LogP contribution < -0.4 is 4.90 Å². The van der Waals surface area contributed by atoms with Crippen molar-refractivity contribution in [1.29, 1.82) is 0 Å². The van der Waals surface area contributed by atoms with Gasteiger partial charge in [0.15, 0.2) is 5.52 Å². The van der Waals surface area contributed by atoms with Gasteiger partial charge in [-0.1, -0.05) is 0 Å². The lowest BCUT2D eigenvalue weighted by Gasteiger charge is -2.11. The number of nitrogens with zero attached hydrogens (tertiary/aromatic N) is 4. The molecule has 1 aromatic heterocycles. The number of benzene rings is 1. The highest BCUT2D eigenvalue weighted by atomic mass is 16.6. The van der Waals surface area contributed by atoms with E-state index in [1.807, 2.05) is 14.1 Å². The second-order valence-electron chi connectivity index (χ2n) is 3.22. The predicted octanol–water partition coefficient (Wildman–Crippen LogP) is 1.20. The predicted molar refractivity (Wildman–Crippen MR) is 52.8 cm³/mol. The molecule has 0 aliphatic heterocycles. The second kappa shape index (κ2) is 3.19. The fraction of sp³-hybridized carbons (Fsp3) is 0.250. The standard InChI is InChI=1S/C8H8N4O3/c1-11(2)5-3-4-6(12(13)14)8-7(5)9-15-10-8/h3-4H,1-2H3. The molecule has 0 spiro atoms. The van der Waals surface area contributed by atoms with Crippen LogP contribution in [0.2, 0.25) is 0 Å². The van der Waals surface area contributed by atoms with Crippen LogP contribution in [0.4, 0.5) is 11.4 Å². The molecule has 0 saturated carbocycles. The molecule has 0 radical (unpaired) electrons. The molecular formula is C8H8N4O3. The van der Waals surface area contributed by atoms with Gasteiger partial charge in [-0.3, -0.25) is 10.1 Å². The number of nitro benzene ring substituents is 1. The highest BCUT2D eigenvalue weighted by Crippen LogP contribution is 2.29. The lowest BCUT2D eigenvalue weighted by atomic mass is 10.2. The van der Waals surface area contributed by atoms with E-state index >= 15 is 0 Å². The molecule has 0 unspecified atom stereocenters. The Bertz CT molecular complexity index is 520. The molecule has 2 rings (SSSR count). The molecule has 0 atom stereocenters. The number of fused-ring (bicyclic) bond motifs is 1. The highest BCUT2D eigenvalue weighted by molar-refractivity contribution is 5.93. The molecule has 2 aromatic rings. The first-order valence-electron chi connectivity index (χ1n) is 4.18. The van der Waals surface area contributed by atoms with Gasteiger partial charge in [0, 0.05) is 20.2 Å². The summed E-state index contributed by atoms with van der Waals surface area (Å²) in [5.41, 5.74) is 1.20. The molecule has 0 bridgehead atoms. The van der Waals surface area contributed by atoms with Crippen LogP contribution in [0.5, 0.6) is 0 Å².